The van der Waals surface area contributed by atoms with E-state index in [1.165, 1.54) is 20.5 Å². The Hall–Kier alpha value is -1.51. The Morgan fingerprint density at radius 1 is 1.08 bits per heavy atom. The predicted octanol–water partition coefficient (Wildman–Crippen LogP) is 1.63. The van der Waals surface area contributed by atoms with Gasteiger partial charge in [-0.15, -0.1) is 11.3 Å². The van der Waals surface area contributed by atoms with Gasteiger partial charge in [0.2, 0.25) is 11.8 Å². The fourth-order valence-electron chi connectivity index (χ4n) is 3.78. The minimum Gasteiger partial charge on any atom is -0.276 e. The van der Waals surface area contributed by atoms with E-state index in [0.717, 1.165) is 11.3 Å². The van der Waals surface area contributed by atoms with E-state index in [1.807, 2.05) is 25.1 Å². The van der Waals surface area contributed by atoms with Crippen molar-refractivity contribution in [1.29, 1.82) is 0 Å². The third kappa shape index (κ3) is 2.58. The van der Waals surface area contributed by atoms with Gasteiger partial charge in [0.05, 0.1) is 17.9 Å². The summed E-state index contributed by atoms with van der Waals surface area (Å²) in [5.41, 5.74) is 0. The largest absolute Gasteiger partial charge is 0.276 e. The van der Waals surface area contributed by atoms with Crippen molar-refractivity contribution in [2.45, 2.75) is 36.4 Å². The quantitative estimate of drug-likeness (QED) is 0.588. The van der Waals surface area contributed by atoms with Gasteiger partial charge in [-0.25, -0.2) is 8.42 Å². The van der Waals surface area contributed by atoms with Crippen LogP contribution in [0.2, 0.25) is 0 Å². The number of amides is 2. The number of likely N-dealkylation sites (tertiary alicyclic amines) is 1. The first-order valence-corrected chi connectivity index (χ1v) is 10.8. The van der Waals surface area contributed by atoms with E-state index in [1.54, 1.807) is 6.07 Å². The van der Waals surface area contributed by atoms with Crippen LogP contribution in [0.25, 0.3) is 0 Å². The number of nitrogens with zero attached hydrogens (tertiary/aromatic N) is 2. The summed E-state index contributed by atoms with van der Waals surface area (Å²) in [7, 11) is -3.52. The molecule has 0 unspecified atom stereocenters. The highest BCUT2D eigenvalue weighted by Gasteiger charge is 2.53. The van der Waals surface area contributed by atoms with Crippen LogP contribution < -0.4 is 0 Å². The SMILES string of the molecule is CCc1ccc(S(=O)(=O)N2CC(N3C(=O)[C@H]4CC=CC[C@H]4C3=O)C2)s1. The van der Waals surface area contributed by atoms with Crippen LogP contribution in [-0.2, 0) is 26.0 Å². The molecule has 134 valence electrons. The summed E-state index contributed by atoms with van der Waals surface area (Å²) in [6, 6.07) is 3.14. The number of fused-ring (bicyclic) bond motifs is 1. The number of rotatable bonds is 4. The average molecular weight is 380 g/mol. The van der Waals surface area contributed by atoms with Gasteiger partial charge in [0, 0.05) is 18.0 Å². The lowest BCUT2D eigenvalue weighted by atomic mass is 9.85. The molecule has 3 aliphatic rings. The molecule has 2 aliphatic heterocycles. The maximum atomic E-state index is 12.7. The average Bonchev–Trinajstić information content (AvgIpc) is 3.14. The normalized spacial score (nSPS) is 27.6. The highest BCUT2D eigenvalue weighted by atomic mass is 32.2. The number of sulfonamides is 1. The van der Waals surface area contributed by atoms with Crippen LogP contribution in [0.1, 0.15) is 24.6 Å². The van der Waals surface area contributed by atoms with Crippen LogP contribution in [-0.4, -0.2) is 48.6 Å². The molecule has 1 aromatic heterocycles. The molecule has 0 N–H and O–H groups in total. The molecule has 0 bridgehead atoms. The van der Waals surface area contributed by atoms with Crippen molar-refractivity contribution < 1.29 is 18.0 Å². The number of aryl methyl sites for hydroxylation is 1. The second kappa shape index (κ2) is 6.03. The van der Waals surface area contributed by atoms with E-state index in [9.17, 15) is 18.0 Å². The van der Waals surface area contributed by atoms with E-state index >= 15 is 0 Å². The summed E-state index contributed by atoms with van der Waals surface area (Å²) in [4.78, 5) is 27.5. The highest BCUT2D eigenvalue weighted by Crippen LogP contribution is 2.38. The second-order valence-corrected chi connectivity index (χ2v) is 10.1. The molecule has 2 fully saturated rings. The Morgan fingerprint density at radius 3 is 2.20 bits per heavy atom. The second-order valence-electron chi connectivity index (χ2n) is 6.75. The van der Waals surface area contributed by atoms with Crippen molar-refractivity contribution in [1.82, 2.24) is 9.21 Å². The summed E-state index contributed by atoms with van der Waals surface area (Å²) in [6.45, 7) is 2.39. The number of allylic oxidation sites excluding steroid dienone is 2. The minimum absolute atomic E-state index is 0.134. The zero-order valence-corrected chi connectivity index (χ0v) is 15.6. The topological polar surface area (TPSA) is 74.8 Å². The van der Waals surface area contributed by atoms with Crippen molar-refractivity contribution in [2.75, 3.05) is 13.1 Å². The molecule has 0 saturated carbocycles. The van der Waals surface area contributed by atoms with E-state index in [0.29, 0.717) is 17.1 Å². The lowest BCUT2D eigenvalue weighted by Gasteiger charge is -2.41. The molecule has 3 heterocycles. The molecular formula is C17H20N2O4S2. The molecule has 2 saturated heterocycles. The zero-order chi connectivity index (χ0) is 17.8. The van der Waals surface area contributed by atoms with Crippen LogP contribution in [0.15, 0.2) is 28.5 Å². The fraction of sp³-hybridized carbons (Fsp3) is 0.529. The first kappa shape index (κ1) is 16.9. The molecule has 6 nitrogen and oxygen atoms in total. The van der Waals surface area contributed by atoms with Gasteiger partial charge in [-0.1, -0.05) is 19.1 Å². The summed E-state index contributed by atoms with van der Waals surface area (Å²) in [5.74, 6) is -0.781. The summed E-state index contributed by atoms with van der Waals surface area (Å²) in [5, 5.41) is 0. The third-order valence-electron chi connectivity index (χ3n) is 5.32. The van der Waals surface area contributed by atoms with E-state index in [-0.39, 0.29) is 42.8 Å². The van der Waals surface area contributed by atoms with Gasteiger partial charge in [0.25, 0.3) is 10.0 Å². The van der Waals surface area contributed by atoms with Crippen molar-refractivity contribution in [3.05, 3.63) is 29.2 Å². The molecule has 2 atom stereocenters. The number of carbonyl (C=O) groups is 2. The van der Waals surface area contributed by atoms with Gasteiger partial charge in [0.15, 0.2) is 0 Å². The van der Waals surface area contributed by atoms with Crippen molar-refractivity contribution in [2.24, 2.45) is 11.8 Å². The first-order valence-electron chi connectivity index (χ1n) is 8.54. The van der Waals surface area contributed by atoms with Crippen LogP contribution in [0, 0.1) is 11.8 Å². The predicted molar refractivity (Wildman–Crippen MR) is 93.5 cm³/mol. The first-order chi connectivity index (χ1) is 11.9. The number of hydrogen-bond donors (Lipinski definition) is 0. The summed E-state index contributed by atoms with van der Waals surface area (Å²) in [6.07, 6.45) is 5.92. The van der Waals surface area contributed by atoms with E-state index in [4.69, 9.17) is 0 Å². The van der Waals surface area contributed by atoms with Crippen LogP contribution in [0.4, 0.5) is 0 Å². The maximum absolute atomic E-state index is 12.7. The van der Waals surface area contributed by atoms with Gasteiger partial charge < -0.3 is 0 Å². The lowest BCUT2D eigenvalue weighted by Crippen LogP contribution is -2.62. The molecule has 8 heteroatoms. The Labute approximate surface area is 151 Å². The monoisotopic (exact) mass is 380 g/mol. The molecule has 1 aromatic rings. The van der Waals surface area contributed by atoms with Crippen molar-refractivity contribution >= 4 is 33.2 Å². The molecule has 2 amide bonds. The maximum Gasteiger partial charge on any atom is 0.252 e. The van der Waals surface area contributed by atoms with E-state index < -0.39 is 10.0 Å². The highest BCUT2D eigenvalue weighted by molar-refractivity contribution is 7.91. The Morgan fingerprint density at radius 2 is 1.68 bits per heavy atom. The molecule has 4 rings (SSSR count). The smallest absolute Gasteiger partial charge is 0.252 e. The van der Waals surface area contributed by atoms with Crippen molar-refractivity contribution in [3.8, 4) is 0 Å². The lowest BCUT2D eigenvalue weighted by molar-refractivity contribution is -0.145. The summed E-state index contributed by atoms with van der Waals surface area (Å²) < 4.78 is 27.0. The molecule has 0 spiro atoms. The third-order valence-corrected chi connectivity index (χ3v) is 8.84. The van der Waals surface area contributed by atoms with Crippen LogP contribution >= 0.6 is 11.3 Å². The number of hydrogen-bond acceptors (Lipinski definition) is 5. The fourth-order valence-corrected chi connectivity index (χ4v) is 6.74. The summed E-state index contributed by atoms with van der Waals surface area (Å²) >= 11 is 1.28. The standard InChI is InChI=1S/C17H20N2O4S2/c1-2-12-7-8-15(24-12)25(22,23)18-9-11(10-18)19-16(20)13-5-3-4-6-14(13)17(19)21/h3-4,7-8,11,13-14H,2,5-6,9-10H2,1H3/t13-,14+. The van der Waals surface area contributed by atoms with Gasteiger partial charge in [0.1, 0.15) is 4.21 Å². The number of imide groups is 1. The molecule has 0 aromatic carbocycles. The molecule has 25 heavy (non-hydrogen) atoms. The number of thiophene rings is 1. The van der Waals surface area contributed by atoms with Crippen molar-refractivity contribution in [3.63, 3.8) is 0 Å². The Balaban J connectivity index is 1.47. The van der Waals surface area contributed by atoms with Crippen LogP contribution in [0.5, 0.6) is 0 Å². The van der Waals surface area contributed by atoms with Gasteiger partial charge in [-0.3, -0.25) is 14.5 Å². The molecular weight excluding hydrogens is 360 g/mol. The van der Waals surface area contributed by atoms with Gasteiger partial charge in [-0.05, 0) is 31.4 Å². The van der Waals surface area contributed by atoms with Gasteiger partial charge >= 0.3 is 0 Å². The Kier molecular flexibility index (Phi) is 4.09. The van der Waals surface area contributed by atoms with E-state index in [2.05, 4.69) is 0 Å². The molecule has 0 radical (unpaired) electrons. The molecule has 1 aliphatic carbocycles. The van der Waals surface area contributed by atoms with Gasteiger partial charge in [-0.2, -0.15) is 4.31 Å². The number of carbonyl (C=O) groups excluding carboxylic acids is 2. The minimum atomic E-state index is -3.52. The van der Waals surface area contributed by atoms with Crippen LogP contribution in [0.3, 0.4) is 0 Å². The Bertz CT molecular complexity index is 826. The zero-order valence-electron chi connectivity index (χ0n) is 13.9.